The summed E-state index contributed by atoms with van der Waals surface area (Å²) in [5, 5.41) is 0. The normalized spacial score (nSPS) is 22.3. The van der Waals surface area contributed by atoms with Gasteiger partial charge >= 0.3 is 0 Å². The maximum Gasteiger partial charge on any atom is 0.263 e. The number of sulfonamides is 1. The number of benzene rings is 1. The van der Waals surface area contributed by atoms with Gasteiger partial charge in [0.05, 0.1) is 16.4 Å². The molecule has 1 N–H and O–H groups in total. The van der Waals surface area contributed by atoms with Crippen LogP contribution in [0.4, 0.5) is 8.78 Å². The Labute approximate surface area is 122 Å². The van der Waals surface area contributed by atoms with Crippen molar-refractivity contribution in [2.24, 2.45) is 0 Å². The van der Waals surface area contributed by atoms with Gasteiger partial charge < -0.3 is 0 Å². The first-order valence-electron chi connectivity index (χ1n) is 6.30. The summed E-state index contributed by atoms with van der Waals surface area (Å²) in [7, 11) is -7.14. The molecule has 118 valence electrons. The maximum absolute atomic E-state index is 12.4. The molecule has 1 aromatic carbocycles. The molecule has 21 heavy (non-hydrogen) atoms. The lowest BCUT2D eigenvalue weighted by atomic mass is 10.2. The molecule has 1 atom stereocenters. The summed E-state index contributed by atoms with van der Waals surface area (Å²) >= 11 is 0. The average molecular weight is 339 g/mol. The molecule has 0 unspecified atom stereocenters. The molecule has 1 aromatic rings. The Morgan fingerprint density at radius 1 is 1.19 bits per heavy atom. The fourth-order valence-corrected chi connectivity index (χ4v) is 5.21. The zero-order chi connectivity index (χ0) is 15.7. The Morgan fingerprint density at radius 3 is 2.33 bits per heavy atom. The van der Waals surface area contributed by atoms with Crippen LogP contribution >= 0.6 is 0 Å². The number of alkyl halides is 2. The lowest BCUT2D eigenvalue weighted by molar-refractivity contribution is 0.151. The van der Waals surface area contributed by atoms with Crippen molar-refractivity contribution in [1.29, 1.82) is 0 Å². The van der Waals surface area contributed by atoms with E-state index in [-0.39, 0.29) is 22.0 Å². The van der Waals surface area contributed by atoms with Crippen LogP contribution < -0.4 is 4.72 Å². The molecule has 5 nitrogen and oxygen atoms in total. The van der Waals surface area contributed by atoms with Gasteiger partial charge in [-0.2, -0.15) is 0 Å². The van der Waals surface area contributed by atoms with E-state index in [1.807, 2.05) is 0 Å². The third kappa shape index (κ3) is 4.21. The van der Waals surface area contributed by atoms with E-state index < -0.39 is 32.3 Å². The lowest BCUT2D eigenvalue weighted by Gasteiger charge is -2.22. The zero-order valence-corrected chi connectivity index (χ0v) is 12.6. The molecule has 1 heterocycles. The summed E-state index contributed by atoms with van der Waals surface area (Å²) in [6, 6.07) is 3.57. The first kappa shape index (κ1) is 16.3. The summed E-state index contributed by atoms with van der Waals surface area (Å²) in [4.78, 5) is -0.158. The SMILES string of the molecule is O=S1(=O)CCC[C@H](NS(=O)(=O)c2ccc(C(F)F)cc2)C1. The van der Waals surface area contributed by atoms with Crippen LogP contribution in [0.15, 0.2) is 29.2 Å². The molecule has 0 spiro atoms. The van der Waals surface area contributed by atoms with Gasteiger partial charge in [0.15, 0.2) is 9.84 Å². The lowest BCUT2D eigenvalue weighted by Crippen LogP contribution is -2.43. The van der Waals surface area contributed by atoms with Crippen molar-refractivity contribution in [2.45, 2.75) is 30.2 Å². The minimum absolute atomic E-state index is 0.0638. The molecule has 0 bridgehead atoms. The first-order chi connectivity index (χ1) is 9.70. The summed E-state index contributed by atoms with van der Waals surface area (Å²) in [5.41, 5.74) is -0.269. The van der Waals surface area contributed by atoms with Gasteiger partial charge in [0.2, 0.25) is 10.0 Å². The second-order valence-electron chi connectivity index (χ2n) is 4.94. The van der Waals surface area contributed by atoms with Crippen LogP contribution in [0.2, 0.25) is 0 Å². The van der Waals surface area contributed by atoms with Gasteiger partial charge in [-0.05, 0) is 25.0 Å². The van der Waals surface area contributed by atoms with Gasteiger partial charge in [-0.25, -0.2) is 30.3 Å². The van der Waals surface area contributed by atoms with Crippen molar-refractivity contribution in [2.75, 3.05) is 11.5 Å². The summed E-state index contributed by atoms with van der Waals surface area (Å²) in [5.74, 6) is -0.171. The molecule has 1 saturated heterocycles. The highest BCUT2D eigenvalue weighted by molar-refractivity contribution is 7.91. The van der Waals surface area contributed by atoms with E-state index in [0.717, 1.165) is 24.3 Å². The quantitative estimate of drug-likeness (QED) is 0.901. The van der Waals surface area contributed by atoms with Crippen LogP contribution in [0.3, 0.4) is 0 Å². The van der Waals surface area contributed by atoms with Crippen molar-refractivity contribution in [1.82, 2.24) is 4.72 Å². The number of rotatable bonds is 4. The molecular weight excluding hydrogens is 324 g/mol. The fourth-order valence-electron chi connectivity index (χ4n) is 2.20. The van der Waals surface area contributed by atoms with Gasteiger partial charge in [-0.1, -0.05) is 12.1 Å². The second-order valence-corrected chi connectivity index (χ2v) is 8.89. The Kier molecular flexibility index (Phi) is 4.64. The zero-order valence-electron chi connectivity index (χ0n) is 11.0. The van der Waals surface area contributed by atoms with E-state index in [0.29, 0.717) is 12.8 Å². The van der Waals surface area contributed by atoms with Crippen molar-refractivity contribution in [3.63, 3.8) is 0 Å². The van der Waals surface area contributed by atoms with Crippen molar-refractivity contribution in [3.8, 4) is 0 Å². The van der Waals surface area contributed by atoms with E-state index in [4.69, 9.17) is 0 Å². The molecule has 2 rings (SSSR count). The van der Waals surface area contributed by atoms with E-state index in [1.54, 1.807) is 0 Å². The van der Waals surface area contributed by atoms with Crippen LogP contribution in [-0.4, -0.2) is 34.4 Å². The summed E-state index contributed by atoms with van der Waals surface area (Å²) < 4.78 is 74.3. The number of sulfone groups is 1. The molecule has 0 saturated carbocycles. The van der Waals surface area contributed by atoms with Gasteiger partial charge in [0.1, 0.15) is 0 Å². The van der Waals surface area contributed by atoms with Crippen molar-refractivity contribution < 1.29 is 25.6 Å². The Hall–Kier alpha value is -1.06. The molecule has 0 radical (unpaired) electrons. The van der Waals surface area contributed by atoms with Gasteiger partial charge in [-0.15, -0.1) is 0 Å². The predicted octanol–water partition coefficient (Wildman–Crippen LogP) is 1.48. The van der Waals surface area contributed by atoms with Gasteiger partial charge in [-0.3, -0.25) is 0 Å². The van der Waals surface area contributed by atoms with Gasteiger partial charge in [0.25, 0.3) is 6.43 Å². The molecular formula is C12H15F2NO4S2. The van der Waals surface area contributed by atoms with Crippen LogP contribution in [-0.2, 0) is 19.9 Å². The van der Waals surface area contributed by atoms with Crippen LogP contribution in [0.5, 0.6) is 0 Å². The molecule has 0 aromatic heterocycles. The maximum atomic E-state index is 12.4. The minimum atomic E-state index is -3.91. The molecule has 1 aliphatic heterocycles. The molecule has 0 amide bonds. The van der Waals surface area contributed by atoms with Crippen LogP contribution in [0.1, 0.15) is 24.8 Å². The number of hydrogen-bond donors (Lipinski definition) is 1. The third-order valence-electron chi connectivity index (χ3n) is 3.23. The number of hydrogen-bond acceptors (Lipinski definition) is 4. The third-order valence-corrected chi connectivity index (χ3v) is 6.58. The Morgan fingerprint density at radius 2 is 1.81 bits per heavy atom. The van der Waals surface area contributed by atoms with E-state index in [2.05, 4.69) is 4.72 Å². The smallest absolute Gasteiger partial charge is 0.229 e. The monoisotopic (exact) mass is 339 g/mol. The minimum Gasteiger partial charge on any atom is -0.229 e. The second kappa shape index (κ2) is 5.98. The molecule has 9 heteroatoms. The highest BCUT2D eigenvalue weighted by Crippen LogP contribution is 2.21. The Bertz CT molecular complexity index is 699. The van der Waals surface area contributed by atoms with Crippen molar-refractivity contribution in [3.05, 3.63) is 29.8 Å². The van der Waals surface area contributed by atoms with Gasteiger partial charge in [0, 0.05) is 11.6 Å². The summed E-state index contributed by atoms with van der Waals surface area (Å²) in [6.07, 6.45) is -1.83. The fraction of sp³-hybridized carbons (Fsp3) is 0.500. The standard InChI is InChI=1S/C12H15F2NO4S2/c13-12(14)9-3-5-11(6-4-9)21(18,19)15-10-2-1-7-20(16,17)8-10/h3-6,10,12,15H,1-2,7-8H2/t10-/m0/s1. The molecule has 1 aliphatic rings. The first-order valence-corrected chi connectivity index (χ1v) is 9.61. The van der Waals surface area contributed by atoms with Crippen LogP contribution in [0, 0.1) is 0 Å². The number of nitrogens with one attached hydrogen (secondary N) is 1. The number of halogens is 2. The average Bonchev–Trinajstić information content (AvgIpc) is 2.37. The van der Waals surface area contributed by atoms with E-state index in [1.165, 1.54) is 0 Å². The Balaban J connectivity index is 2.14. The van der Waals surface area contributed by atoms with E-state index in [9.17, 15) is 25.6 Å². The van der Waals surface area contributed by atoms with Crippen molar-refractivity contribution >= 4 is 19.9 Å². The summed E-state index contributed by atoms with van der Waals surface area (Å²) in [6.45, 7) is 0. The predicted molar refractivity (Wildman–Crippen MR) is 73.4 cm³/mol. The highest BCUT2D eigenvalue weighted by Gasteiger charge is 2.28. The topological polar surface area (TPSA) is 80.3 Å². The molecule has 0 aliphatic carbocycles. The highest BCUT2D eigenvalue weighted by atomic mass is 32.2. The molecule has 1 fully saturated rings. The van der Waals surface area contributed by atoms with Crippen LogP contribution in [0.25, 0.3) is 0 Å². The van der Waals surface area contributed by atoms with E-state index >= 15 is 0 Å². The largest absolute Gasteiger partial charge is 0.263 e.